The van der Waals surface area contributed by atoms with Crippen LogP contribution < -0.4 is 5.32 Å². The molecule has 3 nitrogen and oxygen atoms in total. The summed E-state index contributed by atoms with van der Waals surface area (Å²) in [5.74, 6) is 0. The Kier molecular flexibility index (Phi) is 4.14. The van der Waals surface area contributed by atoms with Crippen LogP contribution in [-0.4, -0.2) is 29.8 Å². The Hall–Kier alpha value is -0.930. The topological polar surface area (TPSA) is 34.1 Å². The number of aromatic nitrogens is 1. The highest BCUT2D eigenvalue weighted by Crippen LogP contribution is 2.39. The van der Waals surface area contributed by atoms with Crippen LogP contribution in [-0.2, 0) is 11.2 Å². The van der Waals surface area contributed by atoms with Gasteiger partial charge >= 0.3 is 0 Å². The third-order valence-corrected chi connectivity index (χ3v) is 4.55. The Morgan fingerprint density at radius 1 is 1.32 bits per heavy atom. The maximum atomic E-state index is 6.07. The highest BCUT2D eigenvalue weighted by Gasteiger charge is 2.39. The van der Waals surface area contributed by atoms with Crippen molar-refractivity contribution >= 4 is 0 Å². The van der Waals surface area contributed by atoms with Crippen LogP contribution in [0.25, 0.3) is 0 Å². The van der Waals surface area contributed by atoms with Crippen LogP contribution in [0, 0.1) is 0 Å². The molecule has 1 unspecified atom stereocenters. The van der Waals surface area contributed by atoms with Gasteiger partial charge in [-0.2, -0.15) is 0 Å². The highest BCUT2D eigenvalue weighted by molar-refractivity contribution is 5.04. The lowest BCUT2D eigenvalue weighted by Crippen LogP contribution is -2.46. The fourth-order valence-electron chi connectivity index (χ4n) is 3.52. The minimum absolute atomic E-state index is 0.223. The molecule has 1 saturated carbocycles. The molecule has 1 spiro atoms. The summed E-state index contributed by atoms with van der Waals surface area (Å²) in [5.41, 5.74) is 1.40. The van der Waals surface area contributed by atoms with E-state index < -0.39 is 0 Å². The second-order valence-electron chi connectivity index (χ2n) is 5.95. The molecule has 0 aromatic carbocycles. The Labute approximate surface area is 115 Å². The van der Waals surface area contributed by atoms with Gasteiger partial charge in [-0.05, 0) is 37.8 Å². The van der Waals surface area contributed by atoms with E-state index in [0.29, 0.717) is 6.04 Å². The van der Waals surface area contributed by atoms with Crippen molar-refractivity contribution in [2.75, 3.05) is 13.2 Å². The van der Waals surface area contributed by atoms with Gasteiger partial charge in [0.25, 0.3) is 0 Å². The summed E-state index contributed by atoms with van der Waals surface area (Å²) in [4.78, 5) is 4.37. The molecule has 1 N–H and O–H groups in total. The van der Waals surface area contributed by atoms with Crippen molar-refractivity contribution in [1.29, 1.82) is 0 Å². The van der Waals surface area contributed by atoms with E-state index in [2.05, 4.69) is 22.4 Å². The van der Waals surface area contributed by atoms with Gasteiger partial charge in [-0.3, -0.25) is 4.98 Å². The summed E-state index contributed by atoms with van der Waals surface area (Å²) in [5, 5.41) is 3.70. The lowest BCUT2D eigenvalue weighted by molar-refractivity contribution is -0.0834. The zero-order chi connectivity index (χ0) is 13.0. The second kappa shape index (κ2) is 6.02. The van der Waals surface area contributed by atoms with E-state index in [1.54, 1.807) is 0 Å². The summed E-state index contributed by atoms with van der Waals surface area (Å²) in [7, 11) is 0. The van der Waals surface area contributed by atoms with Crippen LogP contribution >= 0.6 is 0 Å². The standard InChI is InChI=1S/C16H24N2O/c1-4-10-17-14(5-1)6-11-18-15-7-12-19-16(13-15)8-2-3-9-16/h1,4-5,10,15,18H,2-3,6-9,11-13H2. The number of hydrogen-bond acceptors (Lipinski definition) is 3. The molecule has 2 aliphatic rings. The van der Waals surface area contributed by atoms with Gasteiger partial charge in [-0.15, -0.1) is 0 Å². The molecular formula is C16H24N2O. The van der Waals surface area contributed by atoms with E-state index in [4.69, 9.17) is 4.74 Å². The Balaban J connectivity index is 1.45. The average molecular weight is 260 g/mol. The second-order valence-corrected chi connectivity index (χ2v) is 5.95. The number of nitrogens with one attached hydrogen (secondary N) is 1. The molecule has 1 aromatic heterocycles. The Morgan fingerprint density at radius 3 is 3.00 bits per heavy atom. The van der Waals surface area contributed by atoms with Crippen LogP contribution in [0.15, 0.2) is 24.4 Å². The molecule has 1 aliphatic carbocycles. The van der Waals surface area contributed by atoms with Crippen molar-refractivity contribution in [3.8, 4) is 0 Å². The summed E-state index contributed by atoms with van der Waals surface area (Å²) in [6.07, 6.45) is 10.5. The van der Waals surface area contributed by atoms with Gasteiger partial charge in [-0.25, -0.2) is 0 Å². The molecule has 1 atom stereocenters. The van der Waals surface area contributed by atoms with E-state index in [-0.39, 0.29) is 5.60 Å². The van der Waals surface area contributed by atoms with Crippen LogP contribution in [0.2, 0.25) is 0 Å². The molecule has 2 fully saturated rings. The van der Waals surface area contributed by atoms with Crippen LogP contribution in [0.3, 0.4) is 0 Å². The molecule has 1 saturated heterocycles. The van der Waals surface area contributed by atoms with Crippen molar-refractivity contribution in [2.24, 2.45) is 0 Å². The van der Waals surface area contributed by atoms with Crippen LogP contribution in [0.5, 0.6) is 0 Å². The lowest BCUT2D eigenvalue weighted by atomic mass is 9.89. The minimum Gasteiger partial charge on any atom is -0.375 e. The maximum absolute atomic E-state index is 6.07. The zero-order valence-electron chi connectivity index (χ0n) is 11.6. The molecule has 1 aliphatic heterocycles. The van der Waals surface area contributed by atoms with Gasteiger partial charge in [0.05, 0.1) is 5.60 Å². The molecule has 3 rings (SSSR count). The first-order chi connectivity index (χ1) is 9.36. The third-order valence-electron chi connectivity index (χ3n) is 4.55. The number of ether oxygens (including phenoxy) is 1. The first kappa shape index (κ1) is 13.1. The molecule has 3 heteroatoms. The molecule has 0 radical (unpaired) electrons. The SMILES string of the molecule is c1ccc(CCNC2CCOC3(CCCC3)C2)nc1. The largest absolute Gasteiger partial charge is 0.375 e. The quantitative estimate of drug-likeness (QED) is 0.904. The molecule has 0 bridgehead atoms. The van der Waals surface area contributed by atoms with E-state index in [1.807, 2.05) is 12.3 Å². The molecule has 19 heavy (non-hydrogen) atoms. The summed E-state index contributed by atoms with van der Waals surface area (Å²) < 4.78 is 6.07. The number of rotatable bonds is 4. The van der Waals surface area contributed by atoms with Crippen molar-refractivity contribution in [3.63, 3.8) is 0 Å². The summed E-state index contributed by atoms with van der Waals surface area (Å²) >= 11 is 0. The van der Waals surface area contributed by atoms with Crippen molar-refractivity contribution in [3.05, 3.63) is 30.1 Å². The van der Waals surface area contributed by atoms with Crippen molar-refractivity contribution in [1.82, 2.24) is 10.3 Å². The zero-order valence-corrected chi connectivity index (χ0v) is 11.6. The van der Waals surface area contributed by atoms with Gasteiger partial charge < -0.3 is 10.1 Å². The smallest absolute Gasteiger partial charge is 0.0697 e. The number of pyridine rings is 1. The third kappa shape index (κ3) is 3.34. The molecule has 0 amide bonds. The van der Waals surface area contributed by atoms with E-state index >= 15 is 0 Å². The lowest BCUT2D eigenvalue weighted by Gasteiger charge is -2.38. The predicted octanol–water partition coefficient (Wildman–Crippen LogP) is 2.71. The number of hydrogen-bond donors (Lipinski definition) is 1. The monoisotopic (exact) mass is 260 g/mol. The minimum atomic E-state index is 0.223. The predicted molar refractivity (Wildman–Crippen MR) is 76.1 cm³/mol. The molecule has 2 heterocycles. The fourth-order valence-corrected chi connectivity index (χ4v) is 3.52. The van der Waals surface area contributed by atoms with Gasteiger partial charge in [0.15, 0.2) is 0 Å². The molecule has 104 valence electrons. The maximum Gasteiger partial charge on any atom is 0.0697 e. The van der Waals surface area contributed by atoms with Gasteiger partial charge in [-0.1, -0.05) is 18.9 Å². The van der Waals surface area contributed by atoms with Gasteiger partial charge in [0.1, 0.15) is 0 Å². The van der Waals surface area contributed by atoms with E-state index in [0.717, 1.165) is 26.0 Å². The van der Waals surface area contributed by atoms with Crippen molar-refractivity contribution in [2.45, 2.75) is 56.6 Å². The van der Waals surface area contributed by atoms with Gasteiger partial charge in [0.2, 0.25) is 0 Å². The van der Waals surface area contributed by atoms with Crippen LogP contribution in [0.4, 0.5) is 0 Å². The van der Waals surface area contributed by atoms with E-state index in [1.165, 1.54) is 37.8 Å². The number of nitrogens with zero attached hydrogens (tertiary/aromatic N) is 1. The Bertz CT molecular complexity index is 387. The summed E-state index contributed by atoms with van der Waals surface area (Å²) in [6, 6.07) is 6.77. The first-order valence-electron chi connectivity index (χ1n) is 7.64. The normalized spacial score (nSPS) is 25.8. The molecular weight excluding hydrogens is 236 g/mol. The fraction of sp³-hybridized carbons (Fsp3) is 0.688. The molecule has 1 aromatic rings. The average Bonchev–Trinajstić information content (AvgIpc) is 2.88. The van der Waals surface area contributed by atoms with E-state index in [9.17, 15) is 0 Å². The van der Waals surface area contributed by atoms with Crippen LogP contribution in [0.1, 0.15) is 44.2 Å². The van der Waals surface area contributed by atoms with Crippen molar-refractivity contribution < 1.29 is 4.74 Å². The van der Waals surface area contributed by atoms with Gasteiger partial charge in [0, 0.05) is 37.5 Å². The summed E-state index contributed by atoms with van der Waals surface area (Å²) in [6.45, 7) is 1.96. The Morgan fingerprint density at radius 2 is 2.21 bits per heavy atom. The highest BCUT2D eigenvalue weighted by atomic mass is 16.5. The first-order valence-corrected chi connectivity index (χ1v) is 7.64.